The topological polar surface area (TPSA) is 32.7 Å². The van der Waals surface area contributed by atoms with Gasteiger partial charge in [-0.3, -0.25) is 4.90 Å². The van der Waals surface area contributed by atoms with Crippen LogP contribution in [-0.4, -0.2) is 36.8 Å². The largest absolute Gasteiger partial charge is 0.508 e. The number of benzene rings is 1. The normalized spacial score (nSPS) is 15.1. The molecule has 1 N–H and O–H groups in total. The summed E-state index contributed by atoms with van der Waals surface area (Å²) in [5, 5.41) is 9.44. The predicted octanol–water partition coefficient (Wildman–Crippen LogP) is 2.42. The molecule has 0 aliphatic carbocycles. The van der Waals surface area contributed by atoms with Crippen LogP contribution in [0.5, 0.6) is 5.75 Å². The van der Waals surface area contributed by atoms with Gasteiger partial charge in [-0.05, 0) is 38.6 Å². The van der Waals surface area contributed by atoms with Gasteiger partial charge >= 0.3 is 0 Å². The van der Waals surface area contributed by atoms with Crippen LogP contribution >= 0.6 is 0 Å². The zero-order chi connectivity index (χ0) is 12.1. The van der Waals surface area contributed by atoms with Crippen LogP contribution in [0, 0.1) is 0 Å². The van der Waals surface area contributed by atoms with Crippen molar-refractivity contribution in [1.82, 2.24) is 4.90 Å². The summed E-state index contributed by atoms with van der Waals surface area (Å²) >= 11 is 0. The lowest BCUT2D eigenvalue weighted by Crippen LogP contribution is -2.34. The van der Waals surface area contributed by atoms with E-state index in [1.807, 2.05) is 12.1 Å². The molecule has 0 heterocycles. The molecule has 16 heavy (non-hydrogen) atoms. The van der Waals surface area contributed by atoms with E-state index in [0.29, 0.717) is 18.4 Å². The number of phenols is 1. The highest BCUT2D eigenvalue weighted by molar-refractivity contribution is 5.29. The monoisotopic (exact) mass is 223 g/mol. The molecule has 2 atom stereocenters. The molecule has 0 saturated carbocycles. The van der Waals surface area contributed by atoms with Gasteiger partial charge in [0.15, 0.2) is 0 Å². The summed E-state index contributed by atoms with van der Waals surface area (Å²) in [5.74, 6) is 0.317. The summed E-state index contributed by atoms with van der Waals surface area (Å²) in [7, 11) is 3.78. The second-order valence-corrected chi connectivity index (χ2v) is 4.24. The average Bonchev–Trinajstić information content (AvgIpc) is 2.27. The molecule has 0 aliphatic rings. The fraction of sp³-hybridized carbons (Fsp3) is 0.538. The van der Waals surface area contributed by atoms with Crippen molar-refractivity contribution in [1.29, 1.82) is 0 Å². The van der Waals surface area contributed by atoms with Crippen molar-refractivity contribution in [2.24, 2.45) is 0 Å². The summed E-state index contributed by atoms with van der Waals surface area (Å²) in [4.78, 5) is 2.23. The summed E-state index contributed by atoms with van der Waals surface area (Å²) in [6.07, 6.45) is 0. The van der Waals surface area contributed by atoms with Crippen molar-refractivity contribution in [2.75, 3.05) is 20.8 Å². The molecule has 3 nitrogen and oxygen atoms in total. The first-order chi connectivity index (χ1) is 7.56. The number of hydrogen-bond donors (Lipinski definition) is 1. The Morgan fingerprint density at radius 1 is 1.38 bits per heavy atom. The number of hydrogen-bond acceptors (Lipinski definition) is 3. The highest BCUT2D eigenvalue weighted by atomic mass is 16.5. The van der Waals surface area contributed by atoms with Crippen molar-refractivity contribution in [3.05, 3.63) is 29.8 Å². The SMILES string of the molecule is COCC(C)N(C)C(C)c1cccc(O)c1. The Balaban J connectivity index is 2.73. The van der Waals surface area contributed by atoms with E-state index >= 15 is 0 Å². The molecule has 0 aliphatic heterocycles. The van der Waals surface area contributed by atoms with Crippen LogP contribution in [-0.2, 0) is 4.74 Å². The third-order valence-electron chi connectivity index (χ3n) is 3.07. The van der Waals surface area contributed by atoms with E-state index in [4.69, 9.17) is 4.74 Å². The maximum Gasteiger partial charge on any atom is 0.115 e. The fourth-order valence-electron chi connectivity index (χ4n) is 1.76. The lowest BCUT2D eigenvalue weighted by atomic mass is 10.1. The first kappa shape index (κ1) is 13.0. The van der Waals surface area contributed by atoms with E-state index in [-0.39, 0.29) is 6.04 Å². The molecule has 0 saturated heterocycles. The molecule has 90 valence electrons. The molecule has 1 aromatic carbocycles. The highest BCUT2D eigenvalue weighted by Gasteiger charge is 2.17. The van der Waals surface area contributed by atoms with Gasteiger partial charge in [0.1, 0.15) is 5.75 Å². The fourth-order valence-corrected chi connectivity index (χ4v) is 1.76. The molecule has 0 amide bonds. The van der Waals surface area contributed by atoms with Crippen LogP contribution in [0.4, 0.5) is 0 Å². The van der Waals surface area contributed by atoms with E-state index in [0.717, 1.165) is 5.56 Å². The zero-order valence-electron chi connectivity index (χ0n) is 10.5. The molecule has 0 fully saturated rings. The Morgan fingerprint density at radius 2 is 2.06 bits per heavy atom. The number of aromatic hydroxyl groups is 1. The maximum atomic E-state index is 9.44. The van der Waals surface area contributed by atoms with E-state index < -0.39 is 0 Å². The molecule has 2 unspecified atom stereocenters. The minimum absolute atomic E-state index is 0.261. The molecule has 3 heteroatoms. The highest BCUT2D eigenvalue weighted by Crippen LogP contribution is 2.23. The minimum Gasteiger partial charge on any atom is -0.508 e. The van der Waals surface area contributed by atoms with E-state index in [9.17, 15) is 5.11 Å². The Morgan fingerprint density at radius 3 is 2.62 bits per heavy atom. The second-order valence-electron chi connectivity index (χ2n) is 4.24. The van der Waals surface area contributed by atoms with Gasteiger partial charge in [0, 0.05) is 19.2 Å². The number of phenolic OH excluding ortho intramolecular Hbond substituents is 1. The van der Waals surface area contributed by atoms with E-state index in [1.54, 1.807) is 19.2 Å². The Labute approximate surface area is 97.7 Å². The van der Waals surface area contributed by atoms with Gasteiger partial charge in [-0.25, -0.2) is 0 Å². The number of likely N-dealkylation sites (N-methyl/N-ethyl adjacent to an activating group) is 1. The third-order valence-corrected chi connectivity index (χ3v) is 3.07. The lowest BCUT2D eigenvalue weighted by Gasteiger charge is -2.30. The molecule has 0 aromatic heterocycles. The van der Waals surface area contributed by atoms with Gasteiger partial charge in [0.25, 0.3) is 0 Å². The van der Waals surface area contributed by atoms with Gasteiger partial charge in [-0.2, -0.15) is 0 Å². The molecule has 0 bridgehead atoms. The number of methoxy groups -OCH3 is 1. The molecular formula is C13H21NO2. The first-order valence-corrected chi connectivity index (χ1v) is 5.56. The lowest BCUT2D eigenvalue weighted by molar-refractivity contribution is 0.0939. The smallest absolute Gasteiger partial charge is 0.115 e. The summed E-state index contributed by atoms with van der Waals surface area (Å²) < 4.78 is 5.14. The maximum absolute atomic E-state index is 9.44. The summed E-state index contributed by atoms with van der Waals surface area (Å²) in [6, 6.07) is 8.01. The quantitative estimate of drug-likeness (QED) is 0.832. The van der Waals surface area contributed by atoms with Crippen molar-refractivity contribution in [3.8, 4) is 5.75 Å². The van der Waals surface area contributed by atoms with Crippen LogP contribution in [0.25, 0.3) is 0 Å². The third kappa shape index (κ3) is 3.22. The average molecular weight is 223 g/mol. The molecule has 0 radical (unpaired) electrons. The van der Waals surface area contributed by atoms with Crippen molar-refractivity contribution < 1.29 is 9.84 Å². The van der Waals surface area contributed by atoms with E-state index in [1.165, 1.54) is 0 Å². The van der Waals surface area contributed by atoms with Gasteiger partial charge in [-0.15, -0.1) is 0 Å². The van der Waals surface area contributed by atoms with Gasteiger partial charge in [0.2, 0.25) is 0 Å². The molecular weight excluding hydrogens is 202 g/mol. The van der Waals surface area contributed by atoms with E-state index in [2.05, 4.69) is 25.8 Å². The second kappa shape index (κ2) is 5.87. The van der Waals surface area contributed by atoms with Crippen molar-refractivity contribution in [2.45, 2.75) is 25.9 Å². The van der Waals surface area contributed by atoms with Crippen LogP contribution in [0.2, 0.25) is 0 Å². The van der Waals surface area contributed by atoms with Gasteiger partial charge in [-0.1, -0.05) is 12.1 Å². The van der Waals surface area contributed by atoms with Crippen LogP contribution < -0.4 is 0 Å². The predicted molar refractivity (Wildman–Crippen MR) is 65.6 cm³/mol. The Kier molecular flexibility index (Phi) is 4.77. The van der Waals surface area contributed by atoms with Gasteiger partial charge < -0.3 is 9.84 Å². The van der Waals surface area contributed by atoms with Crippen LogP contribution in [0.1, 0.15) is 25.5 Å². The van der Waals surface area contributed by atoms with Crippen molar-refractivity contribution in [3.63, 3.8) is 0 Å². The van der Waals surface area contributed by atoms with Crippen LogP contribution in [0.15, 0.2) is 24.3 Å². The molecule has 0 spiro atoms. The van der Waals surface area contributed by atoms with Crippen LogP contribution in [0.3, 0.4) is 0 Å². The zero-order valence-corrected chi connectivity index (χ0v) is 10.5. The number of nitrogens with zero attached hydrogens (tertiary/aromatic N) is 1. The van der Waals surface area contributed by atoms with Gasteiger partial charge in [0.05, 0.1) is 6.61 Å². The summed E-state index contributed by atoms with van der Waals surface area (Å²) in [5.41, 5.74) is 1.12. The number of ether oxygens (including phenoxy) is 1. The minimum atomic E-state index is 0.261. The standard InChI is InChI=1S/C13H21NO2/c1-10(9-16-4)14(3)11(2)12-6-5-7-13(15)8-12/h5-8,10-11,15H,9H2,1-4H3. The molecule has 1 aromatic rings. The molecule has 1 rings (SSSR count). The summed E-state index contributed by atoms with van der Waals surface area (Å²) in [6.45, 7) is 4.96. The number of rotatable bonds is 5. The Hall–Kier alpha value is -1.06. The van der Waals surface area contributed by atoms with Crippen molar-refractivity contribution >= 4 is 0 Å². The first-order valence-electron chi connectivity index (χ1n) is 5.56. The Bertz CT molecular complexity index is 327.